The van der Waals surface area contributed by atoms with Crippen molar-refractivity contribution in [3.8, 4) is 5.75 Å². The Hall–Kier alpha value is -3.29. The van der Waals surface area contributed by atoms with E-state index in [1.54, 1.807) is 18.0 Å². The number of H-pyrrole nitrogens is 1. The number of carbonyl (C=O) groups excluding carboxylic acids is 1. The second kappa shape index (κ2) is 6.79. The number of nitrogens with zero attached hydrogens (tertiary/aromatic N) is 3. The molecule has 1 aliphatic heterocycles. The van der Waals surface area contributed by atoms with Crippen LogP contribution in [0.5, 0.6) is 5.75 Å². The van der Waals surface area contributed by atoms with Crippen LogP contribution in [-0.4, -0.2) is 56.8 Å². The summed E-state index contributed by atoms with van der Waals surface area (Å²) in [7, 11) is 1.61. The van der Waals surface area contributed by atoms with Gasteiger partial charge in [0.05, 0.1) is 24.9 Å². The van der Waals surface area contributed by atoms with E-state index in [1.165, 1.54) is 6.20 Å². The Labute approximate surface area is 155 Å². The number of amides is 1. The van der Waals surface area contributed by atoms with Crippen molar-refractivity contribution in [1.29, 1.82) is 0 Å². The minimum Gasteiger partial charge on any atom is -0.497 e. The van der Waals surface area contributed by atoms with Crippen LogP contribution in [0.25, 0.3) is 10.9 Å². The number of piperidine rings is 1. The normalized spacial score (nSPS) is 15.2. The highest BCUT2D eigenvalue weighted by Gasteiger charge is 2.26. The van der Waals surface area contributed by atoms with Crippen LogP contribution in [0.2, 0.25) is 0 Å². The molecule has 0 aliphatic carbocycles. The molecule has 2 aromatic heterocycles. The first kappa shape index (κ1) is 17.1. The van der Waals surface area contributed by atoms with Gasteiger partial charge in [-0.3, -0.25) is 9.48 Å². The smallest absolute Gasteiger partial charge is 0.338 e. The molecule has 1 saturated heterocycles. The number of carboxylic acids is 1. The second-order valence-corrected chi connectivity index (χ2v) is 6.67. The predicted molar refractivity (Wildman–Crippen MR) is 98.2 cm³/mol. The number of fused-ring (bicyclic) bond motifs is 1. The lowest BCUT2D eigenvalue weighted by Crippen LogP contribution is -2.39. The van der Waals surface area contributed by atoms with Crippen molar-refractivity contribution >= 4 is 22.8 Å². The minimum absolute atomic E-state index is 0.0321. The number of hydrogen-bond donors (Lipinski definition) is 2. The maximum atomic E-state index is 12.8. The quantitative estimate of drug-likeness (QED) is 0.737. The number of rotatable bonds is 4. The van der Waals surface area contributed by atoms with E-state index in [-0.39, 0.29) is 17.5 Å². The molecular formula is C19H20N4O4. The lowest BCUT2D eigenvalue weighted by atomic mass is 10.0. The third kappa shape index (κ3) is 3.25. The fourth-order valence-corrected chi connectivity index (χ4v) is 3.50. The monoisotopic (exact) mass is 368 g/mol. The molecule has 0 saturated carbocycles. The van der Waals surface area contributed by atoms with Gasteiger partial charge in [0.15, 0.2) is 0 Å². The topological polar surface area (TPSA) is 100 Å². The van der Waals surface area contributed by atoms with Crippen LogP contribution < -0.4 is 4.74 Å². The first-order chi connectivity index (χ1) is 13.0. The van der Waals surface area contributed by atoms with Gasteiger partial charge >= 0.3 is 5.97 Å². The summed E-state index contributed by atoms with van der Waals surface area (Å²) < 4.78 is 6.91. The van der Waals surface area contributed by atoms with Crippen molar-refractivity contribution in [1.82, 2.24) is 19.7 Å². The van der Waals surface area contributed by atoms with Crippen LogP contribution in [0, 0.1) is 0 Å². The largest absolute Gasteiger partial charge is 0.497 e. The van der Waals surface area contributed by atoms with Gasteiger partial charge in [-0.2, -0.15) is 5.10 Å². The van der Waals surface area contributed by atoms with Crippen molar-refractivity contribution in [2.45, 2.75) is 18.9 Å². The number of likely N-dealkylation sites (tertiary alicyclic amines) is 1. The van der Waals surface area contributed by atoms with Crippen molar-refractivity contribution in [2.24, 2.45) is 0 Å². The van der Waals surface area contributed by atoms with Crippen LogP contribution in [0.3, 0.4) is 0 Å². The van der Waals surface area contributed by atoms with E-state index in [0.717, 1.165) is 29.5 Å². The molecule has 4 rings (SSSR count). The van der Waals surface area contributed by atoms with Crippen LogP contribution in [0.1, 0.15) is 39.7 Å². The van der Waals surface area contributed by atoms with Gasteiger partial charge in [0.25, 0.3) is 5.91 Å². The molecule has 1 aromatic carbocycles. The van der Waals surface area contributed by atoms with Gasteiger partial charge in [-0.1, -0.05) is 0 Å². The Morgan fingerprint density at radius 1 is 1.26 bits per heavy atom. The lowest BCUT2D eigenvalue weighted by Gasteiger charge is -2.31. The molecule has 0 bridgehead atoms. The molecular weight excluding hydrogens is 348 g/mol. The van der Waals surface area contributed by atoms with Crippen molar-refractivity contribution < 1.29 is 19.4 Å². The zero-order chi connectivity index (χ0) is 19.0. The van der Waals surface area contributed by atoms with E-state index in [2.05, 4.69) is 10.1 Å². The predicted octanol–water partition coefficient (Wildman–Crippen LogP) is 2.55. The molecule has 0 unspecified atom stereocenters. The number of carbonyl (C=O) groups is 2. The molecule has 2 N–H and O–H groups in total. The maximum Gasteiger partial charge on any atom is 0.338 e. The summed E-state index contributed by atoms with van der Waals surface area (Å²) >= 11 is 0. The number of aromatic amines is 1. The Bertz CT molecular complexity index is 998. The Balaban J connectivity index is 1.44. The summed E-state index contributed by atoms with van der Waals surface area (Å²) in [6, 6.07) is 7.62. The molecule has 0 atom stereocenters. The van der Waals surface area contributed by atoms with Crippen molar-refractivity contribution in [3.05, 3.63) is 47.9 Å². The molecule has 3 heterocycles. The third-order valence-electron chi connectivity index (χ3n) is 5.03. The van der Waals surface area contributed by atoms with Gasteiger partial charge in [-0.05, 0) is 31.0 Å². The molecule has 27 heavy (non-hydrogen) atoms. The van der Waals surface area contributed by atoms with Gasteiger partial charge in [0.1, 0.15) is 11.4 Å². The zero-order valence-corrected chi connectivity index (χ0v) is 14.9. The lowest BCUT2D eigenvalue weighted by molar-refractivity contribution is 0.0684. The molecule has 0 spiro atoms. The first-order valence-corrected chi connectivity index (χ1v) is 8.78. The molecule has 1 amide bonds. The number of aromatic nitrogens is 3. The highest BCUT2D eigenvalue weighted by Crippen LogP contribution is 2.25. The third-order valence-corrected chi connectivity index (χ3v) is 5.03. The summed E-state index contributed by atoms with van der Waals surface area (Å²) in [5.41, 5.74) is 1.61. The molecule has 0 radical (unpaired) electrons. The molecule has 3 aromatic rings. The van der Waals surface area contributed by atoms with Gasteiger partial charge in [-0.15, -0.1) is 0 Å². The van der Waals surface area contributed by atoms with E-state index in [9.17, 15) is 9.59 Å². The number of carboxylic acid groups (broad SMARTS) is 1. The summed E-state index contributed by atoms with van der Waals surface area (Å²) in [5.74, 6) is -0.274. The summed E-state index contributed by atoms with van der Waals surface area (Å²) in [6.07, 6.45) is 4.38. The van der Waals surface area contributed by atoms with Crippen molar-refractivity contribution in [3.63, 3.8) is 0 Å². The Morgan fingerprint density at radius 2 is 2.04 bits per heavy atom. The van der Waals surface area contributed by atoms with Gasteiger partial charge < -0.3 is 19.7 Å². The summed E-state index contributed by atoms with van der Waals surface area (Å²) in [4.78, 5) is 28.8. The minimum atomic E-state index is -0.982. The van der Waals surface area contributed by atoms with Gasteiger partial charge in [0.2, 0.25) is 0 Å². The Morgan fingerprint density at radius 3 is 2.70 bits per heavy atom. The summed E-state index contributed by atoms with van der Waals surface area (Å²) in [5, 5.41) is 14.1. The van der Waals surface area contributed by atoms with E-state index in [4.69, 9.17) is 9.84 Å². The van der Waals surface area contributed by atoms with Crippen LogP contribution in [-0.2, 0) is 0 Å². The number of methoxy groups -OCH3 is 1. The molecule has 140 valence electrons. The first-order valence-electron chi connectivity index (χ1n) is 8.78. The van der Waals surface area contributed by atoms with Crippen LogP contribution in [0.4, 0.5) is 0 Å². The molecule has 8 heteroatoms. The average Bonchev–Trinajstić information content (AvgIpc) is 3.34. The van der Waals surface area contributed by atoms with E-state index < -0.39 is 5.97 Å². The van der Waals surface area contributed by atoms with Gasteiger partial charge in [0, 0.05) is 36.3 Å². The number of hydrogen-bond acceptors (Lipinski definition) is 4. The van der Waals surface area contributed by atoms with Crippen LogP contribution in [0.15, 0.2) is 36.7 Å². The number of benzene rings is 1. The molecule has 1 fully saturated rings. The summed E-state index contributed by atoms with van der Waals surface area (Å²) in [6.45, 7) is 1.20. The SMILES string of the molecule is COc1ccc2cc(C(=O)N3CCC(n4cc(C(=O)O)cn4)CC3)[nH]c2c1. The maximum absolute atomic E-state index is 12.8. The molecule has 8 nitrogen and oxygen atoms in total. The Kier molecular flexibility index (Phi) is 4.31. The van der Waals surface area contributed by atoms with Crippen molar-refractivity contribution in [2.75, 3.05) is 20.2 Å². The number of ether oxygens (including phenoxy) is 1. The standard InChI is InChI=1S/C19H20N4O4/c1-27-15-3-2-12-8-17(21-16(12)9-15)18(24)22-6-4-14(5-7-22)23-11-13(10-20-23)19(25)26/h2-3,8-11,14,21H,4-7H2,1H3,(H,25,26). The van der Waals surface area contributed by atoms with E-state index in [1.807, 2.05) is 29.2 Å². The average molecular weight is 368 g/mol. The highest BCUT2D eigenvalue weighted by molar-refractivity contribution is 5.98. The molecule has 1 aliphatic rings. The van der Waals surface area contributed by atoms with E-state index >= 15 is 0 Å². The zero-order valence-electron chi connectivity index (χ0n) is 14.9. The van der Waals surface area contributed by atoms with E-state index in [0.29, 0.717) is 18.8 Å². The van der Waals surface area contributed by atoms with Gasteiger partial charge in [-0.25, -0.2) is 4.79 Å². The second-order valence-electron chi connectivity index (χ2n) is 6.67. The highest BCUT2D eigenvalue weighted by atomic mass is 16.5. The fraction of sp³-hybridized carbons (Fsp3) is 0.316. The van der Waals surface area contributed by atoms with Crippen LogP contribution >= 0.6 is 0 Å². The number of aromatic carboxylic acids is 1. The number of nitrogens with one attached hydrogen (secondary N) is 1. The fourth-order valence-electron chi connectivity index (χ4n) is 3.50.